The van der Waals surface area contributed by atoms with Crippen LogP contribution >= 0.6 is 15.9 Å². The van der Waals surface area contributed by atoms with Crippen LogP contribution in [0.1, 0.15) is 30.9 Å². The molecule has 110 valence electrons. The molecule has 2 N–H and O–H groups in total. The van der Waals surface area contributed by atoms with Crippen LogP contribution in [-0.2, 0) is 9.47 Å². The van der Waals surface area contributed by atoms with Gasteiger partial charge in [0.05, 0.1) is 12.2 Å². The summed E-state index contributed by atoms with van der Waals surface area (Å²) >= 11 is 3.38. The van der Waals surface area contributed by atoms with Gasteiger partial charge in [0.25, 0.3) is 0 Å². The van der Waals surface area contributed by atoms with Crippen LogP contribution in [0.25, 0.3) is 0 Å². The van der Waals surface area contributed by atoms with E-state index >= 15 is 0 Å². The third-order valence-electron chi connectivity index (χ3n) is 4.42. The normalized spacial score (nSPS) is 31.6. The zero-order chi connectivity index (χ0) is 14.2. The molecule has 5 heteroatoms. The second-order valence-corrected chi connectivity index (χ2v) is 6.69. The van der Waals surface area contributed by atoms with E-state index in [1.807, 2.05) is 0 Å². The van der Waals surface area contributed by atoms with E-state index in [1.165, 1.54) is 6.07 Å². The molecule has 0 aliphatic carbocycles. The molecule has 3 rings (SSSR count). The molecule has 1 aromatic carbocycles. The Morgan fingerprint density at radius 1 is 1.40 bits per heavy atom. The first-order valence-corrected chi connectivity index (χ1v) is 7.81. The third-order valence-corrected chi connectivity index (χ3v) is 4.92. The summed E-state index contributed by atoms with van der Waals surface area (Å²) in [5.74, 6) is -0.00170. The minimum atomic E-state index is -0.297. The van der Waals surface area contributed by atoms with Crippen LogP contribution in [0.5, 0.6) is 0 Å². The molecule has 3 nitrogen and oxygen atoms in total. The summed E-state index contributed by atoms with van der Waals surface area (Å²) in [6.45, 7) is 2.06. The van der Waals surface area contributed by atoms with Gasteiger partial charge in [0, 0.05) is 35.7 Å². The summed E-state index contributed by atoms with van der Waals surface area (Å²) in [5.41, 5.74) is 6.73. The van der Waals surface area contributed by atoms with Crippen LogP contribution < -0.4 is 5.73 Å². The molecule has 3 unspecified atom stereocenters. The van der Waals surface area contributed by atoms with Crippen molar-refractivity contribution in [1.82, 2.24) is 0 Å². The number of hydrogen-bond donors (Lipinski definition) is 1. The van der Waals surface area contributed by atoms with Gasteiger partial charge in [0.1, 0.15) is 5.82 Å². The van der Waals surface area contributed by atoms with Crippen molar-refractivity contribution >= 4 is 15.9 Å². The van der Waals surface area contributed by atoms with Crippen LogP contribution in [0.15, 0.2) is 22.7 Å². The Labute approximate surface area is 126 Å². The molecule has 0 amide bonds. The van der Waals surface area contributed by atoms with Gasteiger partial charge < -0.3 is 15.2 Å². The Morgan fingerprint density at radius 2 is 2.25 bits per heavy atom. The second-order valence-electron chi connectivity index (χ2n) is 5.78. The van der Waals surface area contributed by atoms with Crippen molar-refractivity contribution in [3.8, 4) is 0 Å². The molecule has 20 heavy (non-hydrogen) atoms. The van der Waals surface area contributed by atoms with Gasteiger partial charge in [0.15, 0.2) is 0 Å². The largest absolute Gasteiger partial charge is 0.378 e. The van der Waals surface area contributed by atoms with E-state index in [4.69, 9.17) is 15.2 Å². The van der Waals surface area contributed by atoms with Gasteiger partial charge >= 0.3 is 0 Å². The highest BCUT2D eigenvalue weighted by Gasteiger charge is 2.42. The molecule has 2 aliphatic heterocycles. The van der Waals surface area contributed by atoms with E-state index in [9.17, 15) is 4.39 Å². The summed E-state index contributed by atoms with van der Waals surface area (Å²) in [6.07, 6.45) is 2.63. The maximum atomic E-state index is 14.0. The van der Waals surface area contributed by atoms with Crippen LogP contribution in [0.4, 0.5) is 4.39 Å². The molecule has 2 saturated heterocycles. The summed E-state index contributed by atoms with van der Waals surface area (Å²) in [6, 6.07) is 4.65. The van der Waals surface area contributed by atoms with E-state index in [0.717, 1.165) is 30.3 Å². The Bertz CT molecular complexity index is 491. The number of nitrogens with two attached hydrogens (primary N) is 1. The van der Waals surface area contributed by atoms with Crippen molar-refractivity contribution in [3.05, 3.63) is 34.1 Å². The smallest absolute Gasteiger partial charge is 0.128 e. The van der Waals surface area contributed by atoms with Gasteiger partial charge in [-0.2, -0.15) is 0 Å². The van der Waals surface area contributed by atoms with Crippen molar-refractivity contribution in [1.29, 1.82) is 0 Å². The van der Waals surface area contributed by atoms with Crippen molar-refractivity contribution in [3.63, 3.8) is 0 Å². The standard InChI is InChI=1S/C15H19BrFNO2/c16-11-1-2-13(17)12(7-11)14(18)10-3-5-20-15(8-10)4-6-19-9-15/h1-2,7,10,14H,3-6,8-9,18H2. The highest BCUT2D eigenvalue weighted by Crippen LogP contribution is 2.40. The van der Waals surface area contributed by atoms with Crippen LogP contribution in [0.3, 0.4) is 0 Å². The zero-order valence-electron chi connectivity index (χ0n) is 11.3. The fraction of sp³-hybridized carbons (Fsp3) is 0.600. The van der Waals surface area contributed by atoms with E-state index < -0.39 is 0 Å². The van der Waals surface area contributed by atoms with Crippen LogP contribution in [0.2, 0.25) is 0 Å². The minimum Gasteiger partial charge on any atom is -0.378 e. The maximum absolute atomic E-state index is 14.0. The van der Waals surface area contributed by atoms with E-state index in [0.29, 0.717) is 18.8 Å². The lowest BCUT2D eigenvalue weighted by molar-refractivity contribution is -0.101. The first kappa shape index (κ1) is 14.4. The molecular weight excluding hydrogens is 325 g/mol. The number of halogens is 2. The van der Waals surface area contributed by atoms with Gasteiger partial charge in [-0.1, -0.05) is 15.9 Å². The lowest BCUT2D eigenvalue weighted by Crippen LogP contribution is -2.43. The van der Waals surface area contributed by atoms with E-state index in [-0.39, 0.29) is 23.4 Å². The molecule has 0 radical (unpaired) electrons. The number of rotatable bonds is 2. The molecule has 0 saturated carbocycles. The van der Waals surface area contributed by atoms with Crippen LogP contribution in [-0.4, -0.2) is 25.4 Å². The molecule has 3 atom stereocenters. The molecular formula is C15H19BrFNO2. The van der Waals surface area contributed by atoms with Gasteiger partial charge in [-0.25, -0.2) is 4.39 Å². The summed E-state index contributed by atoms with van der Waals surface area (Å²) < 4.78 is 26.2. The highest BCUT2D eigenvalue weighted by molar-refractivity contribution is 9.10. The summed E-state index contributed by atoms with van der Waals surface area (Å²) in [5, 5.41) is 0. The fourth-order valence-electron chi connectivity index (χ4n) is 3.26. The molecule has 0 bridgehead atoms. The topological polar surface area (TPSA) is 44.5 Å². The molecule has 1 aromatic rings. The summed E-state index contributed by atoms with van der Waals surface area (Å²) in [7, 11) is 0. The molecule has 2 aliphatic rings. The Balaban J connectivity index is 1.79. The van der Waals surface area contributed by atoms with E-state index in [2.05, 4.69) is 15.9 Å². The Hall–Kier alpha value is -0.490. The first-order chi connectivity index (χ1) is 9.60. The van der Waals surface area contributed by atoms with Gasteiger partial charge in [-0.3, -0.25) is 0 Å². The summed E-state index contributed by atoms with van der Waals surface area (Å²) in [4.78, 5) is 0. The quantitative estimate of drug-likeness (QED) is 0.896. The van der Waals surface area contributed by atoms with Crippen LogP contribution in [0, 0.1) is 11.7 Å². The molecule has 2 fully saturated rings. The highest BCUT2D eigenvalue weighted by atomic mass is 79.9. The predicted molar refractivity (Wildman–Crippen MR) is 77.9 cm³/mol. The monoisotopic (exact) mass is 343 g/mol. The van der Waals surface area contributed by atoms with Crippen molar-refractivity contribution in [2.75, 3.05) is 19.8 Å². The average molecular weight is 344 g/mol. The predicted octanol–water partition coefficient (Wildman–Crippen LogP) is 3.17. The Kier molecular flexibility index (Phi) is 4.13. The lowest BCUT2D eigenvalue weighted by atomic mass is 9.79. The first-order valence-electron chi connectivity index (χ1n) is 7.02. The maximum Gasteiger partial charge on any atom is 0.128 e. The molecule has 0 aromatic heterocycles. The Morgan fingerprint density at radius 3 is 3.00 bits per heavy atom. The second kappa shape index (κ2) is 5.72. The minimum absolute atomic E-state index is 0.191. The number of hydrogen-bond acceptors (Lipinski definition) is 3. The SMILES string of the molecule is NC(c1cc(Br)ccc1F)C1CCOC2(CCOC2)C1. The van der Waals surface area contributed by atoms with Gasteiger partial charge in [0.2, 0.25) is 0 Å². The van der Waals surface area contributed by atoms with Crippen molar-refractivity contribution < 1.29 is 13.9 Å². The average Bonchev–Trinajstić information content (AvgIpc) is 2.88. The zero-order valence-corrected chi connectivity index (χ0v) is 12.9. The molecule has 2 heterocycles. The number of ether oxygens (including phenoxy) is 2. The number of benzene rings is 1. The third kappa shape index (κ3) is 2.77. The van der Waals surface area contributed by atoms with E-state index in [1.54, 1.807) is 12.1 Å². The van der Waals surface area contributed by atoms with Gasteiger partial charge in [-0.05, 0) is 37.0 Å². The van der Waals surface area contributed by atoms with Crippen molar-refractivity contribution in [2.45, 2.75) is 30.9 Å². The lowest BCUT2D eigenvalue weighted by Gasteiger charge is -2.39. The van der Waals surface area contributed by atoms with Gasteiger partial charge in [-0.15, -0.1) is 0 Å². The molecule has 1 spiro atoms. The van der Waals surface area contributed by atoms with Crippen molar-refractivity contribution in [2.24, 2.45) is 11.7 Å². The fourth-order valence-corrected chi connectivity index (χ4v) is 3.64.